The molecule has 0 aliphatic carbocycles. The van der Waals surface area contributed by atoms with Gasteiger partial charge < -0.3 is 4.90 Å². The first-order chi connectivity index (χ1) is 10.2. The molecule has 1 heterocycles. The summed E-state index contributed by atoms with van der Waals surface area (Å²) in [5, 5.41) is -0.0643. The van der Waals surface area contributed by atoms with Crippen LogP contribution in [0.2, 0.25) is 0 Å². The Balaban J connectivity index is 2.25. The minimum atomic E-state index is -4.54. The Kier molecular flexibility index (Phi) is 5.21. The van der Waals surface area contributed by atoms with Gasteiger partial charge in [-0.25, -0.2) is 0 Å². The Morgan fingerprint density at radius 1 is 1.45 bits per heavy atom. The predicted molar refractivity (Wildman–Crippen MR) is 82.7 cm³/mol. The number of anilines is 1. The molecule has 0 aromatic heterocycles. The summed E-state index contributed by atoms with van der Waals surface area (Å²) in [4.78, 5) is 24.2. The summed E-state index contributed by atoms with van der Waals surface area (Å²) >= 11 is 4.11. The monoisotopic (exact) mass is 395 g/mol. The number of alkyl halides is 3. The van der Waals surface area contributed by atoms with Crippen molar-refractivity contribution < 1.29 is 22.8 Å². The van der Waals surface area contributed by atoms with E-state index in [4.69, 9.17) is 0 Å². The highest BCUT2D eigenvalue weighted by molar-refractivity contribution is 9.10. The number of hydrogen-bond acceptors (Lipinski definition) is 3. The number of carbonyl (C=O) groups excluding carboxylic acids is 2. The molecular weight excluding hydrogens is 383 g/mol. The molecule has 120 valence electrons. The lowest BCUT2D eigenvalue weighted by atomic mass is 10.1. The van der Waals surface area contributed by atoms with E-state index in [1.807, 2.05) is 0 Å². The second-order valence-corrected chi connectivity index (χ2v) is 7.15. The van der Waals surface area contributed by atoms with Crippen LogP contribution in [0.1, 0.15) is 18.9 Å². The first kappa shape index (κ1) is 17.3. The maximum atomic E-state index is 13.2. The van der Waals surface area contributed by atoms with Crippen LogP contribution in [0.4, 0.5) is 18.9 Å². The predicted octanol–water partition coefficient (Wildman–Crippen LogP) is 4.10. The van der Waals surface area contributed by atoms with E-state index < -0.39 is 11.7 Å². The van der Waals surface area contributed by atoms with Gasteiger partial charge in [0.05, 0.1) is 11.3 Å². The zero-order valence-corrected chi connectivity index (χ0v) is 14.0. The summed E-state index contributed by atoms with van der Waals surface area (Å²) in [6.45, 7) is 1.62. The molecule has 1 amide bonds. The topological polar surface area (TPSA) is 37.4 Å². The first-order valence-corrected chi connectivity index (χ1v) is 8.27. The van der Waals surface area contributed by atoms with E-state index in [1.165, 1.54) is 24.0 Å². The summed E-state index contributed by atoms with van der Waals surface area (Å²) in [5.41, 5.74) is -0.967. The molecule has 0 N–H and O–H groups in total. The van der Waals surface area contributed by atoms with Crippen molar-refractivity contribution in [3.8, 4) is 0 Å². The van der Waals surface area contributed by atoms with Crippen LogP contribution in [0.3, 0.4) is 0 Å². The molecule has 1 atom stereocenters. The molecule has 1 fully saturated rings. The van der Waals surface area contributed by atoms with Crippen molar-refractivity contribution in [2.75, 3.05) is 17.2 Å². The third-order valence-corrected chi connectivity index (χ3v) is 4.82. The van der Waals surface area contributed by atoms with Crippen molar-refractivity contribution in [2.24, 2.45) is 5.92 Å². The fourth-order valence-electron chi connectivity index (χ4n) is 2.33. The largest absolute Gasteiger partial charge is 0.418 e. The minimum Gasteiger partial charge on any atom is -0.311 e. The van der Waals surface area contributed by atoms with Crippen LogP contribution >= 0.6 is 27.7 Å². The van der Waals surface area contributed by atoms with Gasteiger partial charge >= 0.3 is 6.18 Å². The lowest BCUT2D eigenvalue weighted by Gasteiger charge is -2.22. The number of nitrogens with zero attached hydrogens (tertiary/aromatic N) is 1. The van der Waals surface area contributed by atoms with Crippen LogP contribution in [0, 0.1) is 5.92 Å². The number of rotatable bonds is 3. The van der Waals surface area contributed by atoms with Crippen LogP contribution in [0.15, 0.2) is 22.7 Å². The molecule has 0 spiro atoms. The Morgan fingerprint density at radius 2 is 2.14 bits per heavy atom. The van der Waals surface area contributed by atoms with Gasteiger partial charge in [0.2, 0.25) is 5.91 Å². The normalized spacial score (nSPS) is 18.9. The smallest absolute Gasteiger partial charge is 0.311 e. The fraction of sp³-hybridized carbons (Fsp3) is 0.429. The van der Waals surface area contributed by atoms with Crippen molar-refractivity contribution in [3.05, 3.63) is 28.2 Å². The van der Waals surface area contributed by atoms with Crippen molar-refractivity contribution in [2.45, 2.75) is 19.5 Å². The Morgan fingerprint density at radius 3 is 2.73 bits per heavy atom. The van der Waals surface area contributed by atoms with Crippen LogP contribution in [-0.4, -0.2) is 23.3 Å². The average molecular weight is 396 g/mol. The summed E-state index contributed by atoms with van der Waals surface area (Å²) < 4.78 is 39.8. The zero-order valence-electron chi connectivity index (χ0n) is 11.6. The van der Waals surface area contributed by atoms with Gasteiger partial charge in [-0.3, -0.25) is 9.59 Å². The molecule has 0 saturated carbocycles. The fourth-order valence-corrected chi connectivity index (χ4v) is 3.39. The van der Waals surface area contributed by atoms with Crippen molar-refractivity contribution in [3.63, 3.8) is 0 Å². The maximum Gasteiger partial charge on any atom is 0.418 e. The lowest BCUT2D eigenvalue weighted by Crippen LogP contribution is -2.27. The number of hydrogen-bond donors (Lipinski definition) is 0. The van der Waals surface area contributed by atoms with Crippen molar-refractivity contribution in [1.82, 2.24) is 0 Å². The lowest BCUT2D eigenvalue weighted by molar-refractivity contribution is -0.137. The second kappa shape index (κ2) is 6.62. The van der Waals surface area contributed by atoms with Gasteiger partial charge in [-0.15, -0.1) is 0 Å². The first-order valence-electron chi connectivity index (χ1n) is 6.49. The van der Waals surface area contributed by atoms with Gasteiger partial charge in [-0.2, -0.15) is 13.2 Å². The molecule has 3 nitrogen and oxygen atoms in total. The average Bonchev–Trinajstić information content (AvgIpc) is 2.76. The second-order valence-electron chi connectivity index (χ2n) is 5.04. The van der Waals surface area contributed by atoms with Gasteiger partial charge in [0.1, 0.15) is 0 Å². The quantitative estimate of drug-likeness (QED) is 0.772. The Labute approximate surface area is 138 Å². The van der Waals surface area contributed by atoms with E-state index in [0.29, 0.717) is 10.2 Å². The summed E-state index contributed by atoms with van der Waals surface area (Å²) in [6, 6.07) is 3.75. The third kappa shape index (κ3) is 4.04. The van der Waals surface area contributed by atoms with E-state index in [0.717, 1.165) is 17.8 Å². The van der Waals surface area contributed by atoms with Gasteiger partial charge in [0.15, 0.2) is 5.12 Å². The van der Waals surface area contributed by atoms with Gasteiger partial charge in [0, 0.05) is 30.1 Å². The Bertz CT molecular complexity index is 606. The molecule has 0 bridgehead atoms. The van der Waals surface area contributed by atoms with Crippen LogP contribution in [-0.2, 0) is 15.8 Å². The molecule has 1 saturated heterocycles. The van der Waals surface area contributed by atoms with E-state index in [9.17, 15) is 22.8 Å². The van der Waals surface area contributed by atoms with Crippen LogP contribution in [0.5, 0.6) is 0 Å². The van der Waals surface area contributed by atoms with Crippen LogP contribution in [0.25, 0.3) is 0 Å². The number of benzene rings is 1. The maximum absolute atomic E-state index is 13.2. The molecular formula is C14H13BrF3NO2S. The summed E-state index contributed by atoms with van der Waals surface area (Å²) in [7, 11) is 0. The number of carbonyl (C=O) groups is 2. The zero-order chi connectivity index (χ0) is 16.5. The number of halogens is 4. The number of amides is 1. The molecule has 1 unspecified atom stereocenters. The van der Waals surface area contributed by atoms with E-state index in [2.05, 4.69) is 15.9 Å². The molecule has 1 aliphatic rings. The van der Waals surface area contributed by atoms with Crippen LogP contribution < -0.4 is 4.90 Å². The van der Waals surface area contributed by atoms with Gasteiger partial charge in [-0.1, -0.05) is 27.7 Å². The van der Waals surface area contributed by atoms with E-state index in [-0.39, 0.29) is 35.6 Å². The highest BCUT2D eigenvalue weighted by atomic mass is 79.9. The Hall–Kier alpha value is -1.02. The van der Waals surface area contributed by atoms with Gasteiger partial charge in [0.25, 0.3) is 0 Å². The highest BCUT2D eigenvalue weighted by Crippen LogP contribution is 2.40. The molecule has 2 rings (SSSR count). The summed E-state index contributed by atoms with van der Waals surface area (Å²) in [5.74, 6) is -0.0248. The third-order valence-electron chi connectivity index (χ3n) is 3.28. The molecule has 22 heavy (non-hydrogen) atoms. The standard InChI is InChI=1S/C14H13BrF3NO2S/c1-8(20)22-7-9-4-13(21)19(6-9)12-3-2-10(15)5-11(12)14(16,17)18/h2-3,5,9H,4,6-7H2,1H3. The van der Waals surface area contributed by atoms with E-state index in [1.54, 1.807) is 0 Å². The van der Waals surface area contributed by atoms with Crippen molar-refractivity contribution >= 4 is 44.4 Å². The molecule has 0 radical (unpaired) electrons. The van der Waals surface area contributed by atoms with Crippen molar-refractivity contribution in [1.29, 1.82) is 0 Å². The highest BCUT2D eigenvalue weighted by Gasteiger charge is 2.39. The SMILES string of the molecule is CC(=O)SCC1CC(=O)N(c2ccc(Br)cc2C(F)(F)F)C1. The molecule has 1 aromatic carbocycles. The minimum absolute atomic E-state index is 0.0643. The van der Waals surface area contributed by atoms with Gasteiger partial charge in [-0.05, 0) is 24.1 Å². The van der Waals surface area contributed by atoms with E-state index >= 15 is 0 Å². The number of thioether (sulfide) groups is 1. The molecule has 1 aromatic rings. The summed E-state index contributed by atoms with van der Waals surface area (Å²) in [6.07, 6.45) is -4.38. The molecule has 1 aliphatic heterocycles. The molecule has 8 heteroatoms.